The summed E-state index contributed by atoms with van der Waals surface area (Å²) < 4.78 is 39.1. The van der Waals surface area contributed by atoms with E-state index < -0.39 is 30.1 Å². The van der Waals surface area contributed by atoms with Gasteiger partial charge in [0.25, 0.3) is 0 Å². The second-order valence-electron chi connectivity index (χ2n) is 5.59. The summed E-state index contributed by atoms with van der Waals surface area (Å²) in [6.07, 6.45) is -4.60. The Bertz CT molecular complexity index is 458. The van der Waals surface area contributed by atoms with Crippen LogP contribution in [0.3, 0.4) is 0 Å². The molecule has 1 rings (SSSR count). The van der Waals surface area contributed by atoms with E-state index in [4.69, 9.17) is 0 Å². The van der Waals surface area contributed by atoms with Crippen molar-refractivity contribution in [3.05, 3.63) is 30.3 Å². The summed E-state index contributed by atoms with van der Waals surface area (Å²) in [4.78, 5) is 11.8. The van der Waals surface area contributed by atoms with Gasteiger partial charge in [0.05, 0.1) is 6.42 Å². The Kier molecular flexibility index (Phi) is 5.78. The molecule has 1 amide bonds. The molecule has 0 aliphatic carbocycles. The van der Waals surface area contributed by atoms with Gasteiger partial charge < -0.3 is 10.6 Å². The molecule has 6 heteroatoms. The first-order valence-corrected chi connectivity index (χ1v) is 6.83. The Morgan fingerprint density at radius 3 is 2.24 bits per heavy atom. The number of rotatable bonds is 6. The Balaban J connectivity index is 2.71. The normalized spacial score (nSPS) is 13.8. The van der Waals surface area contributed by atoms with E-state index in [1.165, 1.54) is 0 Å². The predicted octanol–water partition coefficient (Wildman–Crippen LogP) is 3.72. The van der Waals surface area contributed by atoms with Crippen LogP contribution < -0.4 is 10.6 Å². The zero-order chi connectivity index (χ0) is 16.1. The maximum atomic E-state index is 13.0. The second kappa shape index (κ2) is 6.93. The van der Waals surface area contributed by atoms with Crippen LogP contribution >= 0.6 is 0 Å². The minimum absolute atomic E-state index is 0.484. The van der Waals surface area contributed by atoms with E-state index in [0.29, 0.717) is 12.1 Å². The molecule has 0 spiro atoms. The summed E-state index contributed by atoms with van der Waals surface area (Å²) in [5, 5.41) is 4.98. The van der Waals surface area contributed by atoms with E-state index in [1.54, 1.807) is 51.1 Å². The number of hydrogen-bond donors (Lipinski definition) is 2. The number of benzene rings is 1. The summed E-state index contributed by atoms with van der Waals surface area (Å²) >= 11 is 0. The van der Waals surface area contributed by atoms with E-state index in [9.17, 15) is 18.0 Å². The Hall–Kier alpha value is -1.56. The maximum Gasteiger partial charge on any atom is 0.404 e. The quantitative estimate of drug-likeness (QED) is 0.841. The average molecular weight is 302 g/mol. The van der Waals surface area contributed by atoms with Crippen LogP contribution in [0.4, 0.5) is 18.9 Å². The van der Waals surface area contributed by atoms with E-state index in [-0.39, 0.29) is 0 Å². The topological polar surface area (TPSA) is 41.1 Å². The highest BCUT2D eigenvalue weighted by atomic mass is 19.4. The summed E-state index contributed by atoms with van der Waals surface area (Å²) in [7, 11) is 0. The van der Waals surface area contributed by atoms with Crippen LogP contribution in [-0.4, -0.2) is 23.7 Å². The molecule has 0 fully saturated rings. The SMILES string of the molecule is CCC(C)(C)NC(CC(=O)Nc1ccccc1)C(F)(F)F. The molecule has 0 aliphatic heterocycles. The van der Waals surface area contributed by atoms with Gasteiger partial charge in [0, 0.05) is 11.2 Å². The lowest BCUT2D eigenvalue weighted by atomic mass is 9.99. The lowest BCUT2D eigenvalue weighted by Gasteiger charge is -2.32. The number of hydrogen-bond acceptors (Lipinski definition) is 2. The molecule has 1 unspecified atom stereocenters. The first-order chi connectivity index (χ1) is 9.64. The van der Waals surface area contributed by atoms with Gasteiger partial charge in [-0.3, -0.25) is 4.79 Å². The molecule has 21 heavy (non-hydrogen) atoms. The molecule has 3 nitrogen and oxygen atoms in total. The van der Waals surface area contributed by atoms with Crippen molar-refractivity contribution in [3.8, 4) is 0 Å². The molecule has 0 bridgehead atoms. The van der Waals surface area contributed by atoms with Crippen molar-refractivity contribution in [2.45, 2.75) is 51.4 Å². The number of halogens is 3. The van der Waals surface area contributed by atoms with Crippen molar-refractivity contribution in [2.24, 2.45) is 0 Å². The van der Waals surface area contributed by atoms with Crippen LogP contribution in [0.2, 0.25) is 0 Å². The molecule has 118 valence electrons. The molecule has 0 heterocycles. The van der Waals surface area contributed by atoms with Gasteiger partial charge in [-0.2, -0.15) is 13.2 Å². The van der Waals surface area contributed by atoms with E-state index >= 15 is 0 Å². The molecule has 0 saturated heterocycles. The van der Waals surface area contributed by atoms with Crippen LogP contribution in [0, 0.1) is 0 Å². The van der Waals surface area contributed by atoms with Gasteiger partial charge in [0.2, 0.25) is 5.91 Å². The van der Waals surface area contributed by atoms with E-state index in [2.05, 4.69) is 10.6 Å². The van der Waals surface area contributed by atoms with Crippen LogP contribution in [0.1, 0.15) is 33.6 Å². The number of para-hydroxylation sites is 1. The number of carbonyl (C=O) groups is 1. The fraction of sp³-hybridized carbons (Fsp3) is 0.533. The zero-order valence-corrected chi connectivity index (χ0v) is 12.4. The molecule has 0 aliphatic rings. The maximum absolute atomic E-state index is 13.0. The first kappa shape index (κ1) is 17.5. The summed E-state index contributed by atoms with van der Waals surface area (Å²) in [6, 6.07) is 6.56. The fourth-order valence-electron chi connectivity index (χ4n) is 1.74. The van der Waals surface area contributed by atoms with Gasteiger partial charge in [-0.05, 0) is 32.4 Å². The summed E-state index contributed by atoms with van der Waals surface area (Å²) in [5.74, 6) is -0.664. The van der Waals surface area contributed by atoms with Crippen LogP contribution in [-0.2, 0) is 4.79 Å². The van der Waals surface area contributed by atoms with Gasteiger partial charge in [-0.1, -0.05) is 25.1 Å². The van der Waals surface area contributed by atoms with Gasteiger partial charge in [-0.15, -0.1) is 0 Å². The molecular weight excluding hydrogens is 281 g/mol. The van der Waals surface area contributed by atoms with Gasteiger partial charge >= 0.3 is 6.18 Å². The molecule has 0 saturated carbocycles. The molecule has 0 radical (unpaired) electrons. The van der Waals surface area contributed by atoms with Gasteiger partial charge in [-0.25, -0.2) is 0 Å². The minimum atomic E-state index is -4.47. The fourth-order valence-corrected chi connectivity index (χ4v) is 1.74. The summed E-state index contributed by atoms with van der Waals surface area (Å²) in [6.45, 7) is 5.16. The van der Waals surface area contributed by atoms with Gasteiger partial charge in [0.15, 0.2) is 0 Å². The highest BCUT2D eigenvalue weighted by Crippen LogP contribution is 2.25. The zero-order valence-electron chi connectivity index (χ0n) is 12.4. The Morgan fingerprint density at radius 1 is 1.19 bits per heavy atom. The van der Waals surface area contributed by atoms with Crippen LogP contribution in [0.25, 0.3) is 0 Å². The van der Waals surface area contributed by atoms with Gasteiger partial charge in [0.1, 0.15) is 6.04 Å². The first-order valence-electron chi connectivity index (χ1n) is 6.83. The average Bonchev–Trinajstić information content (AvgIpc) is 2.38. The lowest BCUT2D eigenvalue weighted by Crippen LogP contribution is -2.53. The number of alkyl halides is 3. The van der Waals surface area contributed by atoms with Crippen LogP contribution in [0.15, 0.2) is 30.3 Å². The Labute approximate surface area is 122 Å². The molecular formula is C15H21F3N2O. The third-order valence-electron chi connectivity index (χ3n) is 3.29. The number of nitrogens with one attached hydrogen (secondary N) is 2. The van der Waals surface area contributed by atoms with E-state index in [1.807, 2.05) is 0 Å². The molecule has 1 aromatic rings. The van der Waals surface area contributed by atoms with Crippen molar-refractivity contribution < 1.29 is 18.0 Å². The molecule has 2 N–H and O–H groups in total. The highest BCUT2D eigenvalue weighted by molar-refractivity contribution is 5.91. The standard InChI is InChI=1S/C15H21F3N2O/c1-4-14(2,3)20-12(15(16,17)18)10-13(21)19-11-8-6-5-7-9-11/h5-9,12,20H,4,10H2,1-3H3,(H,19,21). The highest BCUT2D eigenvalue weighted by Gasteiger charge is 2.43. The Morgan fingerprint density at radius 2 is 1.76 bits per heavy atom. The number of amides is 1. The third kappa shape index (κ3) is 6.16. The second-order valence-corrected chi connectivity index (χ2v) is 5.59. The lowest BCUT2D eigenvalue weighted by molar-refractivity contribution is -0.164. The van der Waals surface area contributed by atoms with Crippen molar-refractivity contribution in [1.29, 1.82) is 0 Å². The molecule has 1 aromatic carbocycles. The van der Waals surface area contributed by atoms with Crippen molar-refractivity contribution >= 4 is 11.6 Å². The van der Waals surface area contributed by atoms with Crippen molar-refractivity contribution in [1.82, 2.24) is 5.32 Å². The molecule has 0 aromatic heterocycles. The van der Waals surface area contributed by atoms with E-state index in [0.717, 1.165) is 0 Å². The molecule has 1 atom stereocenters. The minimum Gasteiger partial charge on any atom is -0.326 e. The summed E-state index contributed by atoms with van der Waals surface area (Å²) in [5.41, 5.74) is -0.203. The van der Waals surface area contributed by atoms with Crippen molar-refractivity contribution in [3.63, 3.8) is 0 Å². The third-order valence-corrected chi connectivity index (χ3v) is 3.29. The monoisotopic (exact) mass is 302 g/mol. The van der Waals surface area contributed by atoms with Crippen molar-refractivity contribution in [2.75, 3.05) is 5.32 Å². The smallest absolute Gasteiger partial charge is 0.326 e. The largest absolute Gasteiger partial charge is 0.404 e. The van der Waals surface area contributed by atoms with Crippen LogP contribution in [0.5, 0.6) is 0 Å². The number of anilines is 1. The number of carbonyl (C=O) groups excluding carboxylic acids is 1. The predicted molar refractivity (Wildman–Crippen MR) is 77.0 cm³/mol.